The van der Waals surface area contributed by atoms with Crippen LogP contribution >= 0.6 is 0 Å². The van der Waals surface area contributed by atoms with E-state index in [9.17, 15) is 4.21 Å². The summed E-state index contributed by atoms with van der Waals surface area (Å²) in [6.45, 7) is 0. The fraction of sp³-hybridized carbons (Fsp3) is 0.0435. The molecule has 0 radical (unpaired) electrons. The molecule has 238 valence electrons. The minimum atomic E-state index is -2.75. The molecule has 50 heavy (non-hydrogen) atoms. The number of rotatable bonds is 4. The second-order valence-electron chi connectivity index (χ2n) is 13.2. The number of nitrogens with zero attached hydrogens (tertiary/aromatic N) is 2. The molecule has 2 atom stereocenters. The van der Waals surface area contributed by atoms with Crippen molar-refractivity contribution in [3.63, 3.8) is 0 Å². The molecule has 8 aromatic rings. The van der Waals surface area contributed by atoms with Crippen molar-refractivity contribution in [3.05, 3.63) is 192 Å². The van der Waals surface area contributed by atoms with Crippen LogP contribution in [-0.4, -0.2) is 8.78 Å². The minimum absolute atomic E-state index is 0.353. The predicted molar refractivity (Wildman–Crippen MR) is 206 cm³/mol. The second kappa shape index (κ2) is 11.3. The van der Waals surface area contributed by atoms with E-state index >= 15 is 0 Å². The van der Waals surface area contributed by atoms with E-state index < -0.39 is 9.73 Å². The Morgan fingerprint density at radius 2 is 1.32 bits per heavy atom. The molecule has 3 nitrogen and oxygen atoms in total. The van der Waals surface area contributed by atoms with Crippen LogP contribution in [0.25, 0.3) is 55.8 Å². The molecule has 0 N–H and O–H groups in total. The number of hydrogen-bond acceptors (Lipinski definition) is 2. The summed E-state index contributed by atoms with van der Waals surface area (Å²) in [5.41, 5.74) is 13.5. The summed E-state index contributed by atoms with van der Waals surface area (Å²) in [7, 11) is -2.75. The van der Waals surface area contributed by atoms with Crippen molar-refractivity contribution in [2.24, 2.45) is 4.36 Å². The summed E-state index contributed by atoms with van der Waals surface area (Å²) in [5.74, 6) is 0.353. The van der Waals surface area contributed by atoms with Crippen molar-refractivity contribution < 1.29 is 4.21 Å². The molecule has 0 saturated heterocycles. The molecule has 2 heterocycles. The Morgan fingerprint density at radius 3 is 2.20 bits per heavy atom. The quantitative estimate of drug-likeness (QED) is 0.185. The zero-order chi connectivity index (χ0) is 33.2. The van der Waals surface area contributed by atoms with E-state index in [1.54, 1.807) is 6.20 Å². The van der Waals surface area contributed by atoms with Crippen molar-refractivity contribution in [1.29, 1.82) is 0 Å². The average molecular weight is 661 g/mol. The molecule has 0 amide bonds. The van der Waals surface area contributed by atoms with E-state index in [1.807, 2.05) is 42.5 Å². The molecule has 1 aromatic heterocycles. The van der Waals surface area contributed by atoms with Crippen molar-refractivity contribution in [2.75, 3.05) is 0 Å². The van der Waals surface area contributed by atoms with Crippen LogP contribution in [0.15, 0.2) is 184 Å². The van der Waals surface area contributed by atoms with Gasteiger partial charge in [-0.1, -0.05) is 109 Å². The highest BCUT2D eigenvalue weighted by molar-refractivity contribution is 7.94. The number of aromatic nitrogens is 1. The van der Waals surface area contributed by atoms with Gasteiger partial charge in [0.05, 0.1) is 20.8 Å². The number of para-hydroxylation sites is 1. The number of benzene rings is 7. The first-order valence-corrected chi connectivity index (χ1v) is 18.6. The first-order chi connectivity index (χ1) is 24.7. The van der Waals surface area contributed by atoms with Crippen LogP contribution in [0.2, 0.25) is 0 Å². The first kappa shape index (κ1) is 29.0. The zero-order valence-electron chi connectivity index (χ0n) is 27.2. The standard InChI is InChI=1S/C46H32N2OS/c49-50(37-13-5-2-6-14-37)46-24-22-36(27-35(46)25-26-47-50)48-44-18-10-9-17-40(44)43-29-33(21-23-45(43)48)32-19-20-34-30-41(31-11-3-1-4-12-31)38-15-7-8-16-39(38)42(34)28-32/h1-29,41H,30H2. The second-order valence-corrected chi connectivity index (χ2v) is 15.4. The normalized spacial score (nSPS) is 17.6. The highest BCUT2D eigenvalue weighted by Gasteiger charge is 2.26. The third-order valence-electron chi connectivity index (χ3n) is 10.4. The van der Waals surface area contributed by atoms with E-state index in [4.69, 9.17) is 0 Å². The molecule has 1 aliphatic heterocycles. The highest BCUT2D eigenvalue weighted by atomic mass is 32.2. The lowest BCUT2D eigenvalue weighted by atomic mass is 9.75. The Labute approximate surface area is 292 Å². The van der Waals surface area contributed by atoms with Crippen LogP contribution in [0.3, 0.4) is 0 Å². The monoisotopic (exact) mass is 660 g/mol. The average Bonchev–Trinajstić information content (AvgIpc) is 3.52. The number of hydrogen-bond donors (Lipinski definition) is 0. The Morgan fingerprint density at radius 1 is 0.600 bits per heavy atom. The molecular weight excluding hydrogens is 629 g/mol. The van der Waals surface area contributed by atoms with Crippen molar-refractivity contribution >= 4 is 37.6 Å². The van der Waals surface area contributed by atoms with Gasteiger partial charge in [0, 0.05) is 28.6 Å². The van der Waals surface area contributed by atoms with E-state index in [0.717, 1.165) is 38.5 Å². The van der Waals surface area contributed by atoms with Gasteiger partial charge >= 0.3 is 0 Å². The lowest BCUT2D eigenvalue weighted by molar-refractivity contribution is 0.676. The fourth-order valence-electron chi connectivity index (χ4n) is 8.08. The van der Waals surface area contributed by atoms with Gasteiger partial charge in [-0.15, -0.1) is 0 Å². The van der Waals surface area contributed by atoms with Crippen molar-refractivity contribution in [1.82, 2.24) is 4.57 Å². The van der Waals surface area contributed by atoms with Gasteiger partial charge in [0.2, 0.25) is 0 Å². The summed E-state index contributed by atoms with van der Waals surface area (Å²) in [5, 5.41) is 2.41. The smallest absolute Gasteiger partial charge is 0.109 e. The molecule has 4 heteroatoms. The van der Waals surface area contributed by atoms with Crippen LogP contribution in [0.1, 0.15) is 28.2 Å². The maximum atomic E-state index is 14.2. The first-order valence-electron chi connectivity index (χ1n) is 17.1. The maximum absolute atomic E-state index is 14.2. The summed E-state index contributed by atoms with van der Waals surface area (Å²) >= 11 is 0. The largest absolute Gasteiger partial charge is 0.309 e. The number of fused-ring (bicyclic) bond motifs is 7. The molecule has 2 aliphatic rings. The lowest BCUT2D eigenvalue weighted by Crippen LogP contribution is -2.12. The zero-order valence-corrected chi connectivity index (χ0v) is 28.1. The van der Waals surface area contributed by atoms with E-state index in [0.29, 0.717) is 5.92 Å². The van der Waals surface area contributed by atoms with Gasteiger partial charge in [0.1, 0.15) is 9.73 Å². The summed E-state index contributed by atoms with van der Waals surface area (Å²) in [4.78, 5) is 1.48. The summed E-state index contributed by atoms with van der Waals surface area (Å²) in [6, 6.07) is 58.1. The Hall–Kier alpha value is -5.97. The van der Waals surface area contributed by atoms with Gasteiger partial charge in [-0.2, -0.15) is 4.36 Å². The van der Waals surface area contributed by atoms with Gasteiger partial charge in [0.15, 0.2) is 0 Å². The van der Waals surface area contributed by atoms with Crippen LogP contribution in [0.4, 0.5) is 0 Å². The Kier molecular flexibility index (Phi) is 6.55. The maximum Gasteiger partial charge on any atom is 0.109 e. The van der Waals surface area contributed by atoms with Gasteiger partial charge in [0.25, 0.3) is 0 Å². The fourth-order valence-corrected chi connectivity index (χ4v) is 10.0. The van der Waals surface area contributed by atoms with Crippen LogP contribution in [0.5, 0.6) is 0 Å². The van der Waals surface area contributed by atoms with Crippen LogP contribution in [-0.2, 0) is 16.1 Å². The van der Waals surface area contributed by atoms with Crippen LogP contribution in [0, 0.1) is 0 Å². The van der Waals surface area contributed by atoms with Gasteiger partial charge in [-0.05, 0) is 112 Å². The summed E-state index contributed by atoms with van der Waals surface area (Å²) < 4.78 is 21.1. The van der Waals surface area contributed by atoms with E-state index in [1.165, 1.54) is 49.7 Å². The predicted octanol–water partition coefficient (Wildman–Crippen LogP) is 11.7. The molecule has 0 bridgehead atoms. The molecule has 7 aromatic carbocycles. The van der Waals surface area contributed by atoms with Crippen LogP contribution < -0.4 is 0 Å². The SMILES string of the molecule is O=S1(c2ccccc2)=NC=Cc2cc(-n3c4ccccc4c4cc(-c5ccc6c(c5)-c5ccccc5C(c5ccccc5)C6)ccc43)ccc21. The molecule has 10 rings (SSSR count). The van der Waals surface area contributed by atoms with Gasteiger partial charge < -0.3 is 4.57 Å². The minimum Gasteiger partial charge on any atom is -0.309 e. The molecular formula is C46H32N2OS. The third-order valence-corrected chi connectivity index (χ3v) is 12.7. The Bertz CT molecular complexity index is 2790. The molecule has 2 unspecified atom stereocenters. The van der Waals surface area contributed by atoms with Crippen molar-refractivity contribution in [3.8, 4) is 27.9 Å². The van der Waals surface area contributed by atoms with E-state index in [-0.39, 0.29) is 0 Å². The molecule has 0 fully saturated rings. The highest BCUT2D eigenvalue weighted by Crippen LogP contribution is 2.45. The third kappa shape index (κ3) is 4.45. The summed E-state index contributed by atoms with van der Waals surface area (Å²) in [6.07, 6.45) is 4.65. The molecule has 0 saturated carbocycles. The van der Waals surface area contributed by atoms with Gasteiger partial charge in [-0.3, -0.25) is 0 Å². The lowest BCUT2D eigenvalue weighted by Gasteiger charge is -2.29. The molecule has 0 spiro atoms. The van der Waals surface area contributed by atoms with Gasteiger partial charge in [-0.25, -0.2) is 4.21 Å². The van der Waals surface area contributed by atoms with E-state index in [2.05, 4.69) is 136 Å². The van der Waals surface area contributed by atoms with Crippen molar-refractivity contribution in [2.45, 2.75) is 22.1 Å². The molecule has 1 aliphatic carbocycles. The topological polar surface area (TPSA) is 34.4 Å². The Balaban J connectivity index is 1.08.